The van der Waals surface area contributed by atoms with Gasteiger partial charge in [-0.05, 0) is 0 Å². The van der Waals surface area contributed by atoms with E-state index in [9.17, 15) is 15.3 Å². The zero-order valence-corrected chi connectivity index (χ0v) is 6.78. The van der Waals surface area contributed by atoms with Gasteiger partial charge in [0.2, 0.25) is 6.29 Å². The van der Waals surface area contributed by atoms with E-state index in [1.54, 1.807) is 0 Å². The van der Waals surface area contributed by atoms with Gasteiger partial charge in [-0.2, -0.15) is 0 Å². The number of ether oxygens (including phenoxy) is 1. The number of hydrogen-bond donors (Lipinski definition) is 5. The first-order valence-electron chi connectivity index (χ1n) is 3.78. The molecule has 0 aromatic rings. The molecule has 5 atom stereocenters. The third kappa shape index (κ3) is 1.97. The molecule has 0 spiro atoms. The molecule has 13 heavy (non-hydrogen) atoms. The summed E-state index contributed by atoms with van der Waals surface area (Å²) in [6.45, 7) is -0.495. The van der Waals surface area contributed by atoms with E-state index < -0.39 is 37.3 Å². The molecule has 1 rings (SSSR count). The molecule has 0 amide bonds. The van der Waals surface area contributed by atoms with Crippen molar-refractivity contribution >= 4 is 0 Å². The second kappa shape index (κ2) is 4.29. The van der Waals surface area contributed by atoms with Crippen LogP contribution in [0.2, 0.25) is 0 Å². The largest absolute Gasteiger partial charge is 0.394 e. The van der Waals surface area contributed by atoms with Crippen LogP contribution in [0.4, 0.5) is 0 Å². The topological polar surface area (TPSA) is 125 Å². The molecule has 0 bridgehead atoms. The molecular formula is C6H13NO6. The summed E-state index contributed by atoms with van der Waals surface area (Å²) >= 11 is 0. The van der Waals surface area contributed by atoms with Crippen molar-refractivity contribution in [3.8, 4) is 0 Å². The van der Waals surface area contributed by atoms with Crippen molar-refractivity contribution in [1.29, 1.82) is 0 Å². The minimum absolute atomic E-state index is 0.495. The summed E-state index contributed by atoms with van der Waals surface area (Å²) in [6, 6.07) is 0. The maximum absolute atomic E-state index is 9.23. The summed E-state index contributed by atoms with van der Waals surface area (Å²) in [6.07, 6.45) is -6.48. The van der Waals surface area contributed by atoms with Gasteiger partial charge in [-0.15, -0.1) is 0 Å². The van der Waals surface area contributed by atoms with Gasteiger partial charge in [-0.1, -0.05) is 0 Å². The van der Waals surface area contributed by atoms with Crippen LogP contribution in [-0.4, -0.2) is 57.7 Å². The molecule has 0 saturated carbocycles. The molecule has 0 aromatic carbocycles. The van der Waals surface area contributed by atoms with Crippen LogP contribution >= 0.6 is 0 Å². The minimum Gasteiger partial charge on any atom is -0.394 e. The average molecular weight is 195 g/mol. The predicted octanol–water partition coefficient (Wildman–Crippen LogP) is -3.32. The van der Waals surface area contributed by atoms with Crippen LogP contribution in [0.25, 0.3) is 0 Å². The fourth-order valence-electron chi connectivity index (χ4n) is 1.18. The molecule has 78 valence electrons. The Bertz CT molecular complexity index is 147. The standard InChI is InChI=1S/C6H13NO6/c7-13-6-5(11)4(10)3(9)2(1-8)12-6/h2-6,8-11H,1,7H2/t2-,3+,4-,5+,6-/m1/s1. The van der Waals surface area contributed by atoms with E-state index in [0.29, 0.717) is 0 Å². The molecule has 1 fully saturated rings. The van der Waals surface area contributed by atoms with Gasteiger partial charge < -0.3 is 25.2 Å². The first kappa shape index (κ1) is 10.8. The Hall–Kier alpha value is -0.280. The second-order valence-corrected chi connectivity index (χ2v) is 2.83. The zero-order chi connectivity index (χ0) is 10.0. The highest BCUT2D eigenvalue weighted by Crippen LogP contribution is 2.20. The Labute approximate surface area is 74.3 Å². The Kier molecular flexibility index (Phi) is 3.56. The number of rotatable bonds is 2. The second-order valence-electron chi connectivity index (χ2n) is 2.83. The smallest absolute Gasteiger partial charge is 0.206 e. The number of nitrogens with two attached hydrogens (primary N) is 1. The van der Waals surface area contributed by atoms with Crippen LogP contribution in [0, 0.1) is 0 Å². The third-order valence-corrected chi connectivity index (χ3v) is 1.98. The molecular weight excluding hydrogens is 182 g/mol. The number of aliphatic hydroxyl groups is 4. The molecule has 1 aliphatic rings. The van der Waals surface area contributed by atoms with Crippen LogP contribution in [0.15, 0.2) is 0 Å². The highest BCUT2D eigenvalue weighted by atomic mass is 16.8. The summed E-state index contributed by atoms with van der Waals surface area (Å²) in [5, 5.41) is 36.4. The Morgan fingerprint density at radius 2 is 1.77 bits per heavy atom. The van der Waals surface area contributed by atoms with E-state index in [1.807, 2.05) is 0 Å². The average Bonchev–Trinajstić information content (AvgIpc) is 2.15. The van der Waals surface area contributed by atoms with Gasteiger partial charge in [0, 0.05) is 0 Å². The summed E-state index contributed by atoms with van der Waals surface area (Å²) in [5.41, 5.74) is 0. The van der Waals surface area contributed by atoms with Crippen molar-refractivity contribution in [2.24, 2.45) is 5.90 Å². The van der Waals surface area contributed by atoms with E-state index in [1.165, 1.54) is 0 Å². The maximum atomic E-state index is 9.23. The number of hydrogen-bond acceptors (Lipinski definition) is 7. The van der Waals surface area contributed by atoms with Crippen molar-refractivity contribution < 1.29 is 30.0 Å². The summed E-state index contributed by atoms with van der Waals surface area (Å²) < 4.78 is 4.82. The van der Waals surface area contributed by atoms with E-state index >= 15 is 0 Å². The molecule has 0 aromatic heterocycles. The molecule has 0 radical (unpaired) electrons. The fourth-order valence-corrected chi connectivity index (χ4v) is 1.18. The molecule has 7 heteroatoms. The van der Waals surface area contributed by atoms with Crippen LogP contribution in [0.3, 0.4) is 0 Å². The van der Waals surface area contributed by atoms with Crippen LogP contribution in [0.1, 0.15) is 0 Å². The molecule has 1 heterocycles. The van der Waals surface area contributed by atoms with Gasteiger partial charge in [-0.25, -0.2) is 5.90 Å². The lowest BCUT2D eigenvalue weighted by atomic mass is 9.99. The molecule has 1 aliphatic heterocycles. The lowest BCUT2D eigenvalue weighted by Gasteiger charge is -2.38. The third-order valence-electron chi connectivity index (χ3n) is 1.98. The van der Waals surface area contributed by atoms with Crippen molar-refractivity contribution in [3.63, 3.8) is 0 Å². The predicted molar refractivity (Wildman–Crippen MR) is 39.0 cm³/mol. The van der Waals surface area contributed by atoms with Crippen LogP contribution < -0.4 is 5.90 Å². The Morgan fingerprint density at radius 1 is 1.15 bits per heavy atom. The normalized spacial score (nSPS) is 46.4. The Balaban J connectivity index is 2.66. The van der Waals surface area contributed by atoms with Crippen molar-refractivity contribution in [1.82, 2.24) is 0 Å². The molecule has 0 aliphatic carbocycles. The van der Waals surface area contributed by atoms with Crippen molar-refractivity contribution in [2.45, 2.75) is 30.7 Å². The van der Waals surface area contributed by atoms with Gasteiger partial charge in [0.15, 0.2) is 0 Å². The van der Waals surface area contributed by atoms with Gasteiger partial charge >= 0.3 is 0 Å². The zero-order valence-electron chi connectivity index (χ0n) is 6.78. The van der Waals surface area contributed by atoms with E-state index in [4.69, 9.17) is 15.7 Å². The fraction of sp³-hybridized carbons (Fsp3) is 1.00. The Morgan fingerprint density at radius 3 is 2.23 bits per heavy atom. The van der Waals surface area contributed by atoms with Crippen molar-refractivity contribution in [3.05, 3.63) is 0 Å². The van der Waals surface area contributed by atoms with Crippen LogP contribution in [-0.2, 0) is 9.57 Å². The highest BCUT2D eigenvalue weighted by Gasteiger charge is 2.43. The van der Waals surface area contributed by atoms with Gasteiger partial charge in [0.05, 0.1) is 6.61 Å². The summed E-state index contributed by atoms with van der Waals surface area (Å²) in [4.78, 5) is 4.20. The van der Waals surface area contributed by atoms with E-state index in [2.05, 4.69) is 4.84 Å². The SMILES string of the molecule is NO[C@H]1O[C@H](CO)[C@H](O)[C@@H](O)[C@@H]1O. The monoisotopic (exact) mass is 195 g/mol. The quantitative estimate of drug-likeness (QED) is 0.292. The van der Waals surface area contributed by atoms with E-state index in [0.717, 1.165) is 0 Å². The van der Waals surface area contributed by atoms with Crippen LogP contribution in [0.5, 0.6) is 0 Å². The summed E-state index contributed by atoms with van der Waals surface area (Å²) in [5.74, 6) is 4.76. The summed E-state index contributed by atoms with van der Waals surface area (Å²) in [7, 11) is 0. The molecule has 7 nitrogen and oxygen atoms in total. The first-order valence-corrected chi connectivity index (χ1v) is 3.78. The molecule has 6 N–H and O–H groups in total. The minimum atomic E-state index is -1.44. The lowest BCUT2D eigenvalue weighted by molar-refractivity contribution is -0.302. The molecule has 1 saturated heterocycles. The molecule has 0 unspecified atom stereocenters. The van der Waals surface area contributed by atoms with Gasteiger partial charge in [0.25, 0.3) is 0 Å². The lowest BCUT2D eigenvalue weighted by Crippen LogP contribution is -2.59. The van der Waals surface area contributed by atoms with Gasteiger partial charge in [0.1, 0.15) is 24.4 Å². The van der Waals surface area contributed by atoms with Crippen molar-refractivity contribution in [2.75, 3.05) is 6.61 Å². The highest BCUT2D eigenvalue weighted by molar-refractivity contribution is 4.88. The maximum Gasteiger partial charge on any atom is 0.206 e. The van der Waals surface area contributed by atoms with E-state index in [-0.39, 0.29) is 0 Å². The number of aliphatic hydroxyl groups excluding tert-OH is 4. The first-order chi connectivity index (χ1) is 6.11. The van der Waals surface area contributed by atoms with Gasteiger partial charge in [-0.3, -0.25) is 4.84 Å².